The first-order valence-corrected chi connectivity index (χ1v) is 10.2. The van der Waals surface area contributed by atoms with Crippen LogP contribution in [0.15, 0.2) is 17.1 Å². The summed E-state index contributed by atoms with van der Waals surface area (Å²) in [6, 6.07) is 1.06. The number of aromatic nitrogens is 2. The van der Waals surface area contributed by atoms with Gasteiger partial charge in [-0.1, -0.05) is 6.92 Å². The van der Waals surface area contributed by atoms with Gasteiger partial charge in [0.2, 0.25) is 6.23 Å². The van der Waals surface area contributed by atoms with Crippen molar-refractivity contribution in [3.05, 3.63) is 22.7 Å². The monoisotopic (exact) mass is 455 g/mol. The van der Waals surface area contributed by atoms with Crippen LogP contribution < -0.4 is 11.0 Å². The van der Waals surface area contributed by atoms with Crippen molar-refractivity contribution in [3.8, 4) is 0 Å². The molecule has 12 nitrogen and oxygen atoms in total. The summed E-state index contributed by atoms with van der Waals surface area (Å²) in [5.74, 6) is -5.15. The molecule has 168 valence electrons. The maximum atomic E-state index is 14.2. The number of nitrogens with zero attached hydrogens (tertiary/aromatic N) is 2. The zero-order valence-corrected chi connectivity index (χ0v) is 16.6. The van der Waals surface area contributed by atoms with Gasteiger partial charge in [0.25, 0.3) is 11.8 Å². The molecule has 15 heteroatoms. The molecule has 0 bridgehead atoms. The van der Waals surface area contributed by atoms with Crippen molar-refractivity contribution >= 4 is 25.5 Å². The van der Waals surface area contributed by atoms with E-state index in [2.05, 4.69) is 19.6 Å². The predicted octanol–water partition coefficient (Wildman–Crippen LogP) is 0.557. The van der Waals surface area contributed by atoms with Crippen LogP contribution in [0.5, 0.6) is 0 Å². The maximum absolute atomic E-state index is 14.2. The van der Waals surface area contributed by atoms with Crippen LogP contribution in [-0.4, -0.2) is 56.5 Å². The maximum Gasteiger partial charge on any atom is 0.469 e. The third kappa shape index (κ3) is 6.92. The third-order valence-corrected chi connectivity index (χ3v) is 4.26. The number of nitrogens with one attached hydrogen (secondary N) is 1. The largest absolute Gasteiger partial charge is 0.469 e. The minimum Gasteiger partial charge on any atom is -0.456 e. The van der Waals surface area contributed by atoms with Gasteiger partial charge in [-0.3, -0.25) is 18.7 Å². The summed E-state index contributed by atoms with van der Waals surface area (Å²) in [7, 11) is -4.87. The van der Waals surface area contributed by atoms with Crippen LogP contribution in [0.3, 0.4) is 0 Å². The number of alkyl halides is 2. The number of hydrogen-bond acceptors (Lipinski definition) is 8. The molecule has 0 aromatic carbocycles. The second-order valence-corrected chi connectivity index (χ2v) is 7.56. The fraction of sp³-hybridized carbons (Fsp3) is 0.600. The number of rotatable bonds is 9. The minimum absolute atomic E-state index is 0.136. The highest BCUT2D eigenvalue weighted by molar-refractivity contribution is 7.46. The fourth-order valence-corrected chi connectivity index (χ4v) is 2.90. The summed E-state index contributed by atoms with van der Waals surface area (Å²) in [6.07, 6.45) is -2.80. The highest BCUT2D eigenvalue weighted by Gasteiger charge is 2.52. The Morgan fingerprint density at radius 2 is 2.17 bits per heavy atom. The molecule has 1 aliphatic heterocycles. The smallest absolute Gasteiger partial charge is 0.456 e. The Morgan fingerprint density at radius 1 is 1.47 bits per heavy atom. The molecule has 0 radical (unpaired) electrons. The number of halogens is 2. The molecule has 2 atom stereocenters. The van der Waals surface area contributed by atoms with Crippen LogP contribution >= 0.6 is 7.82 Å². The lowest BCUT2D eigenvalue weighted by atomic mass is 10.2. The van der Waals surface area contributed by atoms with Crippen molar-refractivity contribution in [1.29, 1.82) is 0 Å². The normalized spacial score (nSPS) is 20.7. The van der Waals surface area contributed by atoms with Crippen molar-refractivity contribution in [2.45, 2.75) is 44.4 Å². The Labute approximate surface area is 168 Å². The summed E-state index contributed by atoms with van der Waals surface area (Å²) >= 11 is 0. The van der Waals surface area contributed by atoms with E-state index in [9.17, 15) is 27.7 Å². The van der Waals surface area contributed by atoms with Gasteiger partial charge < -0.3 is 24.6 Å². The van der Waals surface area contributed by atoms with Crippen molar-refractivity contribution in [2.75, 3.05) is 18.5 Å². The molecule has 0 aliphatic carbocycles. The topological polar surface area (TPSA) is 166 Å². The first-order valence-electron chi connectivity index (χ1n) is 8.69. The lowest BCUT2D eigenvalue weighted by molar-refractivity contribution is -0.147. The molecule has 1 aromatic heterocycles. The standard InChI is InChI=1S/C15H20F2N3O9P/c1-2-3-12(22)27-8-11(21)18-10-4-5-20(14(23)19-10)13-15(16,17)6-9(29-13)7-28-30(24,25)26/h4-5,9,13H,2-3,6-8H2,1H3,(H2,24,25,26)(H,18,19,21,23)/t9-,13+/m0/s1. The van der Waals surface area contributed by atoms with E-state index in [1.54, 1.807) is 6.92 Å². The van der Waals surface area contributed by atoms with Crippen LogP contribution in [-0.2, 0) is 28.2 Å². The van der Waals surface area contributed by atoms with Gasteiger partial charge in [0.1, 0.15) is 5.82 Å². The lowest BCUT2D eigenvalue weighted by Gasteiger charge is -2.20. The number of hydrogen-bond donors (Lipinski definition) is 3. The van der Waals surface area contributed by atoms with Crippen molar-refractivity contribution in [3.63, 3.8) is 0 Å². The van der Waals surface area contributed by atoms with Crippen LogP contribution in [0.4, 0.5) is 14.6 Å². The average molecular weight is 455 g/mol. The zero-order chi connectivity index (χ0) is 22.5. The van der Waals surface area contributed by atoms with Crippen molar-refractivity contribution in [2.24, 2.45) is 0 Å². The van der Waals surface area contributed by atoms with Crippen molar-refractivity contribution < 1.29 is 46.7 Å². The molecule has 1 saturated heterocycles. The molecule has 0 spiro atoms. The Morgan fingerprint density at radius 3 is 2.77 bits per heavy atom. The minimum atomic E-state index is -4.87. The summed E-state index contributed by atoms with van der Waals surface area (Å²) in [6.45, 7) is 0.350. The van der Waals surface area contributed by atoms with Gasteiger partial charge in [-0.2, -0.15) is 4.98 Å². The number of phosphoric acid groups is 1. The van der Waals surface area contributed by atoms with E-state index < -0.39 is 63.3 Å². The van der Waals surface area contributed by atoms with E-state index in [1.807, 2.05) is 0 Å². The Bertz CT molecular complexity index is 888. The van der Waals surface area contributed by atoms with E-state index in [0.29, 0.717) is 11.0 Å². The van der Waals surface area contributed by atoms with E-state index in [0.717, 1.165) is 12.3 Å². The lowest BCUT2D eigenvalue weighted by Crippen LogP contribution is -2.35. The fourth-order valence-electron chi connectivity index (χ4n) is 2.54. The van der Waals surface area contributed by atoms with Gasteiger partial charge in [0.05, 0.1) is 12.7 Å². The number of carbonyl (C=O) groups excluding carboxylic acids is 2. The molecule has 2 heterocycles. The number of anilines is 1. The zero-order valence-electron chi connectivity index (χ0n) is 15.7. The SMILES string of the molecule is CCCC(=O)OCC(=O)Nc1ccn([C@@H]2O[C@H](COP(=O)(O)O)CC2(F)F)c(=O)n1. The summed E-state index contributed by atoms with van der Waals surface area (Å²) in [5, 5.41) is 2.19. The summed E-state index contributed by atoms with van der Waals surface area (Å²) in [4.78, 5) is 55.8. The van der Waals surface area contributed by atoms with Gasteiger partial charge in [0, 0.05) is 19.0 Å². The molecule has 1 fully saturated rings. The first-order chi connectivity index (χ1) is 13.9. The quantitative estimate of drug-likeness (QED) is 0.354. The molecular formula is C15H20F2N3O9P. The van der Waals surface area contributed by atoms with E-state index in [4.69, 9.17) is 14.5 Å². The molecule has 0 saturated carbocycles. The van der Waals surface area contributed by atoms with Crippen LogP contribution in [0.2, 0.25) is 0 Å². The molecule has 30 heavy (non-hydrogen) atoms. The molecular weight excluding hydrogens is 435 g/mol. The van der Waals surface area contributed by atoms with Crippen LogP contribution in [0.25, 0.3) is 0 Å². The van der Waals surface area contributed by atoms with Gasteiger partial charge in [0.15, 0.2) is 6.61 Å². The summed E-state index contributed by atoms with van der Waals surface area (Å²) < 4.78 is 53.5. The number of amides is 1. The Kier molecular flexibility index (Phi) is 7.77. The van der Waals surface area contributed by atoms with Crippen molar-refractivity contribution in [1.82, 2.24) is 9.55 Å². The molecule has 1 aliphatic rings. The van der Waals surface area contributed by atoms with Gasteiger partial charge >= 0.3 is 19.5 Å². The second kappa shape index (κ2) is 9.71. The first kappa shape index (κ1) is 24.0. The number of esters is 1. The highest BCUT2D eigenvalue weighted by atomic mass is 31.2. The highest BCUT2D eigenvalue weighted by Crippen LogP contribution is 2.44. The Balaban J connectivity index is 2.02. The van der Waals surface area contributed by atoms with Gasteiger partial charge in [-0.15, -0.1) is 0 Å². The van der Waals surface area contributed by atoms with E-state index >= 15 is 0 Å². The van der Waals surface area contributed by atoms with Crippen LogP contribution in [0, 0.1) is 0 Å². The predicted molar refractivity (Wildman–Crippen MR) is 94.5 cm³/mol. The molecule has 1 aromatic rings. The number of carbonyl (C=O) groups is 2. The molecule has 3 N–H and O–H groups in total. The third-order valence-electron chi connectivity index (χ3n) is 3.78. The molecule has 0 unspecified atom stereocenters. The van der Waals surface area contributed by atoms with Gasteiger partial charge in [-0.25, -0.2) is 18.1 Å². The number of ether oxygens (including phenoxy) is 2. The van der Waals surface area contributed by atoms with Gasteiger partial charge in [-0.05, 0) is 12.5 Å². The molecule has 1 amide bonds. The second-order valence-electron chi connectivity index (χ2n) is 6.32. The van der Waals surface area contributed by atoms with E-state index in [1.165, 1.54) is 0 Å². The average Bonchev–Trinajstić information content (AvgIpc) is 2.92. The number of phosphoric ester groups is 1. The summed E-state index contributed by atoms with van der Waals surface area (Å²) in [5.41, 5.74) is -1.17. The molecule has 2 rings (SSSR count). The Hall–Kier alpha value is -2.25. The van der Waals surface area contributed by atoms with E-state index in [-0.39, 0.29) is 12.2 Å². The van der Waals surface area contributed by atoms with Crippen LogP contribution in [0.1, 0.15) is 32.4 Å².